The lowest BCUT2D eigenvalue weighted by Crippen LogP contribution is -2.54. The fourth-order valence-corrected chi connectivity index (χ4v) is 3.50. The number of para-hydroxylation sites is 1. The summed E-state index contributed by atoms with van der Waals surface area (Å²) < 4.78 is 5.82. The SMILES string of the molecule is Cc1ccc(C(=O)N2CCN(c3cc(Oc4ccccc4)ncn3)C[C@H]2C)cc1. The third-order valence-corrected chi connectivity index (χ3v) is 5.10. The normalized spacial score (nSPS) is 16.6. The van der Waals surface area contributed by atoms with Crippen LogP contribution in [0.4, 0.5) is 5.82 Å². The second-order valence-corrected chi connectivity index (χ2v) is 7.29. The van der Waals surface area contributed by atoms with E-state index in [2.05, 4.69) is 21.8 Å². The molecule has 148 valence electrons. The van der Waals surface area contributed by atoms with Gasteiger partial charge in [-0.05, 0) is 38.1 Å². The summed E-state index contributed by atoms with van der Waals surface area (Å²) in [5, 5.41) is 0. The lowest BCUT2D eigenvalue weighted by atomic mass is 10.1. The topological polar surface area (TPSA) is 58.6 Å². The average molecular weight is 388 g/mol. The zero-order valence-electron chi connectivity index (χ0n) is 16.7. The van der Waals surface area contributed by atoms with Crippen molar-refractivity contribution >= 4 is 11.7 Å². The predicted octanol–water partition coefficient (Wildman–Crippen LogP) is 3.93. The van der Waals surface area contributed by atoms with E-state index in [1.165, 1.54) is 6.33 Å². The van der Waals surface area contributed by atoms with Crippen LogP contribution in [-0.2, 0) is 0 Å². The number of nitrogens with zero attached hydrogens (tertiary/aromatic N) is 4. The first-order chi connectivity index (χ1) is 14.1. The van der Waals surface area contributed by atoms with Crippen LogP contribution in [0.1, 0.15) is 22.8 Å². The van der Waals surface area contributed by atoms with Gasteiger partial charge in [0.05, 0.1) is 0 Å². The third kappa shape index (κ3) is 4.37. The van der Waals surface area contributed by atoms with Crippen LogP contribution < -0.4 is 9.64 Å². The van der Waals surface area contributed by atoms with Crippen LogP contribution in [-0.4, -0.2) is 46.5 Å². The first-order valence-corrected chi connectivity index (χ1v) is 9.78. The second-order valence-electron chi connectivity index (χ2n) is 7.29. The molecule has 1 aliphatic heterocycles. The van der Waals surface area contributed by atoms with Crippen LogP contribution in [0, 0.1) is 6.92 Å². The van der Waals surface area contributed by atoms with Crippen LogP contribution in [0.5, 0.6) is 11.6 Å². The van der Waals surface area contributed by atoms with Gasteiger partial charge in [0.1, 0.15) is 17.9 Å². The van der Waals surface area contributed by atoms with Crippen molar-refractivity contribution in [1.29, 1.82) is 0 Å². The molecule has 6 nitrogen and oxygen atoms in total. The number of anilines is 1. The maximum absolute atomic E-state index is 12.9. The summed E-state index contributed by atoms with van der Waals surface area (Å²) in [5.41, 5.74) is 1.88. The first kappa shape index (κ1) is 18.9. The van der Waals surface area contributed by atoms with E-state index < -0.39 is 0 Å². The van der Waals surface area contributed by atoms with Gasteiger partial charge in [-0.25, -0.2) is 9.97 Å². The fourth-order valence-electron chi connectivity index (χ4n) is 3.50. The molecule has 1 aromatic heterocycles. The molecule has 0 aliphatic carbocycles. The van der Waals surface area contributed by atoms with Crippen LogP contribution in [0.2, 0.25) is 0 Å². The maximum atomic E-state index is 12.9. The molecule has 1 fully saturated rings. The predicted molar refractivity (Wildman–Crippen MR) is 112 cm³/mol. The summed E-state index contributed by atoms with van der Waals surface area (Å²) in [5.74, 6) is 2.12. The van der Waals surface area contributed by atoms with Crippen LogP contribution in [0.15, 0.2) is 67.0 Å². The highest BCUT2D eigenvalue weighted by atomic mass is 16.5. The van der Waals surface area contributed by atoms with Gasteiger partial charge in [-0.1, -0.05) is 35.9 Å². The Morgan fingerprint density at radius 1 is 1.03 bits per heavy atom. The molecule has 0 bridgehead atoms. The number of benzene rings is 2. The van der Waals surface area contributed by atoms with Gasteiger partial charge in [0.2, 0.25) is 5.88 Å². The van der Waals surface area contributed by atoms with Crippen molar-refractivity contribution in [2.45, 2.75) is 19.9 Å². The van der Waals surface area contributed by atoms with Crippen molar-refractivity contribution in [3.05, 3.63) is 78.1 Å². The number of carbonyl (C=O) groups is 1. The highest BCUT2D eigenvalue weighted by Gasteiger charge is 2.29. The van der Waals surface area contributed by atoms with E-state index >= 15 is 0 Å². The Kier molecular flexibility index (Phi) is 5.42. The monoisotopic (exact) mass is 388 g/mol. The summed E-state index contributed by atoms with van der Waals surface area (Å²) >= 11 is 0. The van der Waals surface area contributed by atoms with Crippen molar-refractivity contribution in [3.63, 3.8) is 0 Å². The standard InChI is InChI=1S/C23H24N4O2/c1-17-8-10-19(11-9-17)23(28)27-13-12-26(15-18(27)2)21-14-22(25-16-24-21)29-20-6-4-3-5-7-20/h3-11,14,16,18H,12-13,15H2,1-2H3/t18-/m1/s1. The highest BCUT2D eigenvalue weighted by Crippen LogP contribution is 2.24. The molecule has 0 unspecified atom stereocenters. The van der Waals surface area contributed by atoms with E-state index in [-0.39, 0.29) is 11.9 Å². The summed E-state index contributed by atoms with van der Waals surface area (Å²) in [6.45, 7) is 6.16. The number of amides is 1. The summed E-state index contributed by atoms with van der Waals surface area (Å²) in [4.78, 5) is 25.6. The molecule has 0 radical (unpaired) electrons. The number of hydrogen-bond donors (Lipinski definition) is 0. The van der Waals surface area contributed by atoms with E-state index in [9.17, 15) is 4.79 Å². The molecule has 0 saturated carbocycles. The summed E-state index contributed by atoms with van der Waals surface area (Å²) in [7, 11) is 0. The zero-order valence-corrected chi connectivity index (χ0v) is 16.7. The van der Waals surface area contributed by atoms with Crippen LogP contribution >= 0.6 is 0 Å². The van der Waals surface area contributed by atoms with E-state index in [1.807, 2.05) is 72.5 Å². The van der Waals surface area contributed by atoms with Crippen LogP contribution in [0.25, 0.3) is 0 Å². The smallest absolute Gasteiger partial charge is 0.254 e. The van der Waals surface area contributed by atoms with Crippen molar-refractivity contribution in [1.82, 2.24) is 14.9 Å². The minimum atomic E-state index is 0.0750. The van der Waals surface area contributed by atoms with E-state index in [0.29, 0.717) is 25.5 Å². The van der Waals surface area contributed by atoms with Crippen molar-refractivity contribution in [2.75, 3.05) is 24.5 Å². The van der Waals surface area contributed by atoms with Gasteiger partial charge in [-0.2, -0.15) is 0 Å². The largest absolute Gasteiger partial charge is 0.439 e. The average Bonchev–Trinajstić information content (AvgIpc) is 2.75. The number of aromatic nitrogens is 2. The number of carbonyl (C=O) groups excluding carboxylic acids is 1. The molecule has 6 heteroatoms. The van der Waals surface area contributed by atoms with Gasteiger partial charge < -0.3 is 14.5 Å². The molecular formula is C23H24N4O2. The lowest BCUT2D eigenvalue weighted by molar-refractivity contribution is 0.0673. The quantitative estimate of drug-likeness (QED) is 0.678. The molecule has 3 aromatic rings. The van der Waals surface area contributed by atoms with Gasteiger partial charge in [0.25, 0.3) is 5.91 Å². The molecule has 1 amide bonds. The van der Waals surface area contributed by atoms with Gasteiger partial charge in [-0.3, -0.25) is 4.79 Å². The van der Waals surface area contributed by atoms with E-state index in [1.54, 1.807) is 0 Å². The number of piperazine rings is 1. The van der Waals surface area contributed by atoms with Gasteiger partial charge in [0, 0.05) is 37.3 Å². The Hall–Kier alpha value is -3.41. The molecule has 2 heterocycles. The summed E-state index contributed by atoms with van der Waals surface area (Å²) in [6, 6.07) is 19.2. The third-order valence-electron chi connectivity index (χ3n) is 5.10. The Morgan fingerprint density at radius 3 is 2.52 bits per heavy atom. The molecule has 1 aliphatic rings. The van der Waals surface area contributed by atoms with Gasteiger partial charge in [0.15, 0.2) is 0 Å². The van der Waals surface area contributed by atoms with Crippen molar-refractivity contribution in [3.8, 4) is 11.6 Å². The maximum Gasteiger partial charge on any atom is 0.254 e. The molecule has 1 saturated heterocycles. The molecule has 1 atom stereocenters. The molecule has 29 heavy (non-hydrogen) atoms. The molecule has 0 N–H and O–H groups in total. The number of hydrogen-bond acceptors (Lipinski definition) is 5. The minimum Gasteiger partial charge on any atom is -0.439 e. The molecule has 2 aromatic carbocycles. The highest BCUT2D eigenvalue weighted by molar-refractivity contribution is 5.94. The summed E-state index contributed by atoms with van der Waals surface area (Å²) in [6.07, 6.45) is 1.52. The zero-order chi connectivity index (χ0) is 20.2. The van der Waals surface area contributed by atoms with E-state index in [4.69, 9.17) is 4.74 Å². The fraction of sp³-hybridized carbons (Fsp3) is 0.261. The second kappa shape index (κ2) is 8.31. The number of rotatable bonds is 4. The first-order valence-electron chi connectivity index (χ1n) is 9.78. The van der Waals surface area contributed by atoms with Crippen molar-refractivity contribution in [2.24, 2.45) is 0 Å². The number of ether oxygens (including phenoxy) is 1. The Balaban J connectivity index is 1.44. The van der Waals surface area contributed by atoms with Gasteiger partial charge >= 0.3 is 0 Å². The van der Waals surface area contributed by atoms with Gasteiger partial charge in [-0.15, -0.1) is 0 Å². The molecule has 4 rings (SSSR count). The van der Waals surface area contributed by atoms with E-state index in [0.717, 1.165) is 22.7 Å². The lowest BCUT2D eigenvalue weighted by Gasteiger charge is -2.40. The Labute approximate surface area is 170 Å². The molecule has 0 spiro atoms. The van der Waals surface area contributed by atoms with Crippen LogP contribution in [0.3, 0.4) is 0 Å². The Morgan fingerprint density at radius 2 is 1.79 bits per heavy atom. The molecular weight excluding hydrogens is 364 g/mol. The van der Waals surface area contributed by atoms with Crippen molar-refractivity contribution < 1.29 is 9.53 Å². The minimum absolute atomic E-state index is 0.0750. The number of aryl methyl sites for hydroxylation is 1. The Bertz CT molecular complexity index is 976.